The first-order chi connectivity index (χ1) is 11.7. The molecule has 0 atom stereocenters. The molecule has 2 aromatic rings. The Bertz CT molecular complexity index is 730. The summed E-state index contributed by atoms with van der Waals surface area (Å²) in [5.74, 6) is 0.0938. The number of nitrogens with one attached hydrogen (secondary N) is 1. The minimum absolute atomic E-state index is 0.0920. The van der Waals surface area contributed by atoms with E-state index >= 15 is 0 Å². The second-order valence-electron chi connectivity index (χ2n) is 5.66. The SMILES string of the molecule is CC(=O)c1c(F)cccc1NCc1cccnc1N1CCOCC1. The van der Waals surface area contributed by atoms with Crippen LogP contribution in [0.15, 0.2) is 36.5 Å². The van der Waals surface area contributed by atoms with E-state index in [1.807, 2.05) is 12.1 Å². The van der Waals surface area contributed by atoms with E-state index in [0.717, 1.165) is 24.5 Å². The van der Waals surface area contributed by atoms with Gasteiger partial charge in [-0.15, -0.1) is 0 Å². The van der Waals surface area contributed by atoms with Crippen molar-refractivity contribution in [2.75, 3.05) is 36.5 Å². The number of nitrogens with zero attached hydrogens (tertiary/aromatic N) is 2. The maximum absolute atomic E-state index is 13.9. The number of Topliss-reactive ketones (excluding diaryl/α,β-unsaturated/α-hetero) is 1. The van der Waals surface area contributed by atoms with Crippen LogP contribution >= 0.6 is 0 Å². The van der Waals surface area contributed by atoms with E-state index in [0.29, 0.717) is 25.4 Å². The number of ketones is 1. The van der Waals surface area contributed by atoms with Gasteiger partial charge in [0.25, 0.3) is 0 Å². The summed E-state index contributed by atoms with van der Waals surface area (Å²) in [4.78, 5) is 18.4. The van der Waals surface area contributed by atoms with Crippen LogP contribution in [0.4, 0.5) is 15.9 Å². The second-order valence-corrected chi connectivity index (χ2v) is 5.66. The fourth-order valence-electron chi connectivity index (χ4n) is 2.85. The van der Waals surface area contributed by atoms with Crippen LogP contribution in [0.1, 0.15) is 22.8 Å². The fraction of sp³-hybridized carbons (Fsp3) is 0.333. The van der Waals surface area contributed by atoms with E-state index in [1.165, 1.54) is 13.0 Å². The quantitative estimate of drug-likeness (QED) is 0.855. The van der Waals surface area contributed by atoms with Crippen molar-refractivity contribution >= 4 is 17.3 Å². The molecule has 0 amide bonds. The number of hydrogen-bond acceptors (Lipinski definition) is 5. The maximum atomic E-state index is 13.9. The van der Waals surface area contributed by atoms with Gasteiger partial charge in [-0.1, -0.05) is 12.1 Å². The Balaban J connectivity index is 1.81. The largest absolute Gasteiger partial charge is 0.380 e. The number of ether oxygens (including phenoxy) is 1. The zero-order valence-corrected chi connectivity index (χ0v) is 13.6. The molecule has 1 fully saturated rings. The van der Waals surface area contributed by atoms with Crippen molar-refractivity contribution in [1.82, 2.24) is 4.98 Å². The van der Waals surface area contributed by atoms with Crippen molar-refractivity contribution in [3.05, 3.63) is 53.5 Å². The first-order valence-electron chi connectivity index (χ1n) is 7.96. The summed E-state index contributed by atoms with van der Waals surface area (Å²) in [7, 11) is 0. The number of halogens is 1. The van der Waals surface area contributed by atoms with Crippen LogP contribution in [-0.4, -0.2) is 37.1 Å². The molecule has 5 nitrogen and oxygen atoms in total. The lowest BCUT2D eigenvalue weighted by atomic mass is 10.1. The molecule has 1 N–H and O–H groups in total. The van der Waals surface area contributed by atoms with Gasteiger partial charge in [-0.3, -0.25) is 4.79 Å². The maximum Gasteiger partial charge on any atom is 0.164 e. The second kappa shape index (κ2) is 7.40. The summed E-state index contributed by atoms with van der Waals surface area (Å²) in [6, 6.07) is 8.46. The Hall–Kier alpha value is -2.47. The Labute approximate surface area is 140 Å². The smallest absolute Gasteiger partial charge is 0.164 e. The van der Waals surface area contributed by atoms with Crippen molar-refractivity contribution < 1.29 is 13.9 Å². The van der Waals surface area contributed by atoms with Crippen molar-refractivity contribution in [1.29, 1.82) is 0 Å². The molecular formula is C18H20FN3O2. The van der Waals surface area contributed by atoms with Gasteiger partial charge in [-0.05, 0) is 25.1 Å². The number of carbonyl (C=O) groups is 1. The lowest BCUT2D eigenvalue weighted by Gasteiger charge is -2.29. The molecule has 3 rings (SSSR count). The van der Waals surface area contributed by atoms with Crippen molar-refractivity contribution in [2.24, 2.45) is 0 Å². The normalized spacial score (nSPS) is 14.5. The molecule has 2 heterocycles. The summed E-state index contributed by atoms with van der Waals surface area (Å²) < 4.78 is 19.3. The highest BCUT2D eigenvalue weighted by atomic mass is 19.1. The average molecular weight is 329 g/mol. The predicted octanol–water partition coefficient (Wildman–Crippen LogP) is 2.87. The van der Waals surface area contributed by atoms with E-state index < -0.39 is 5.82 Å². The van der Waals surface area contributed by atoms with Gasteiger partial charge in [0.05, 0.1) is 18.8 Å². The molecule has 1 aliphatic rings. The van der Waals surface area contributed by atoms with Crippen molar-refractivity contribution in [2.45, 2.75) is 13.5 Å². The van der Waals surface area contributed by atoms with Gasteiger partial charge in [0.1, 0.15) is 11.6 Å². The van der Waals surface area contributed by atoms with Crippen LogP contribution in [0.5, 0.6) is 0 Å². The molecule has 1 saturated heterocycles. The third-order valence-corrected chi connectivity index (χ3v) is 4.01. The van der Waals surface area contributed by atoms with Crippen LogP contribution in [0.25, 0.3) is 0 Å². The van der Waals surface area contributed by atoms with Crippen molar-refractivity contribution in [3.8, 4) is 0 Å². The average Bonchev–Trinajstić information content (AvgIpc) is 2.60. The summed E-state index contributed by atoms with van der Waals surface area (Å²) in [5.41, 5.74) is 1.59. The molecule has 1 aromatic carbocycles. The van der Waals surface area contributed by atoms with Gasteiger partial charge < -0.3 is 15.0 Å². The summed E-state index contributed by atoms with van der Waals surface area (Å²) in [5, 5.41) is 3.17. The molecule has 6 heteroatoms. The van der Waals surface area contributed by atoms with E-state index in [2.05, 4.69) is 15.2 Å². The minimum atomic E-state index is -0.507. The number of pyridine rings is 1. The monoisotopic (exact) mass is 329 g/mol. The fourth-order valence-corrected chi connectivity index (χ4v) is 2.85. The third kappa shape index (κ3) is 3.54. The molecule has 0 spiro atoms. The highest BCUT2D eigenvalue weighted by Gasteiger charge is 2.17. The van der Waals surface area contributed by atoms with Gasteiger partial charge in [0.2, 0.25) is 0 Å². The third-order valence-electron chi connectivity index (χ3n) is 4.01. The molecule has 0 radical (unpaired) electrons. The zero-order valence-electron chi connectivity index (χ0n) is 13.6. The first kappa shape index (κ1) is 16.4. The Morgan fingerprint density at radius 1 is 1.29 bits per heavy atom. The molecule has 1 aromatic heterocycles. The summed E-state index contributed by atoms with van der Waals surface area (Å²) in [6.45, 7) is 4.78. The zero-order chi connectivity index (χ0) is 16.9. The van der Waals surface area contributed by atoms with E-state index in [1.54, 1.807) is 18.3 Å². The number of morpholine rings is 1. The Kier molecular flexibility index (Phi) is 5.05. The number of aromatic nitrogens is 1. The van der Waals surface area contributed by atoms with Gasteiger partial charge in [-0.25, -0.2) is 9.37 Å². The molecule has 0 aliphatic carbocycles. The van der Waals surface area contributed by atoms with Gasteiger partial charge in [0.15, 0.2) is 5.78 Å². The molecule has 1 aliphatic heterocycles. The number of hydrogen-bond donors (Lipinski definition) is 1. The highest BCUT2D eigenvalue weighted by molar-refractivity contribution is 5.99. The van der Waals surface area contributed by atoms with Crippen LogP contribution in [0.2, 0.25) is 0 Å². The number of anilines is 2. The van der Waals surface area contributed by atoms with Gasteiger partial charge in [0, 0.05) is 37.1 Å². The molecular weight excluding hydrogens is 309 g/mol. The van der Waals surface area contributed by atoms with E-state index in [-0.39, 0.29) is 11.3 Å². The van der Waals surface area contributed by atoms with E-state index in [4.69, 9.17) is 4.74 Å². The Morgan fingerprint density at radius 2 is 2.08 bits per heavy atom. The predicted molar refractivity (Wildman–Crippen MR) is 91.0 cm³/mol. The molecule has 24 heavy (non-hydrogen) atoms. The van der Waals surface area contributed by atoms with Crippen LogP contribution in [-0.2, 0) is 11.3 Å². The van der Waals surface area contributed by atoms with Gasteiger partial charge >= 0.3 is 0 Å². The number of carbonyl (C=O) groups excluding carboxylic acids is 1. The molecule has 0 unspecified atom stereocenters. The minimum Gasteiger partial charge on any atom is -0.380 e. The Morgan fingerprint density at radius 3 is 2.83 bits per heavy atom. The topological polar surface area (TPSA) is 54.5 Å². The molecule has 0 saturated carbocycles. The lowest BCUT2D eigenvalue weighted by molar-refractivity contribution is 0.101. The van der Waals surface area contributed by atoms with Crippen LogP contribution in [0.3, 0.4) is 0 Å². The summed E-state index contributed by atoms with van der Waals surface area (Å²) in [6.07, 6.45) is 1.76. The standard InChI is InChI=1S/C18H20FN3O2/c1-13(23)17-15(19)5-2-6-16(17)21-12-14-4-3-7-20-18(14)22-8-10-24-11-9-22/h2-7,21H,8-12H2,1H3. The molecule has 0 bridgehead atoms. The van der Waals surface area contributed by atoms with E-state index in [9.17, 15) is 9.18 Å². The van der Waals surface area contributed by atoms with Crippen molar-refractivity contribution in [3.63, 3.8) is 0 Å². The highest BCUT2D eigenvalue weighted by Crippen LogP contribution is 2.23. The number of rotatable bonds is 5. The molecule has 126 valence electrons. The lowest BCUT2D eigenvalue weighted by Crippen LogP contribution is -2.37. The van der Waals surface area contributed by atoms with Crippen LogP contribution < -0.4 is 10.2 Å². The first-order valence-corrected chi connectivity index (χ1v) is 7.96. The van der Waals surface area contributed by atoms with Gasteiger partial charge in [-0.2, -0.15) is 0 Å². The van der Waals surface area contributed by atoms with Crippen LogP contribution in [0, 0.1) is 5.82 Å². The number of benzene rings is 1. The summed E-state index contributed by atoms with van der Waals surface area (Å²) >= 11 is 0.